The molecular formula is C19H30O3. The van der Waals surface area contributed by atoms with Crippen LogP contribution in [0.4, 0.5) is 0 Å². The summed E-state index contributed by atoms with van der Waals surface area (Å²) >= 11 is 0. The van der Waals surface area contributed by atoms with Crippen molar-refractivity contribution < 1.29 is 14.3 Å². The van der Waals surface area contributed by atoms with Crippen LogP contribution in [0.3, 0.4) is 0 Å². The first-order valence-electron chi connectivity index (χ1n) is 9.10. The average Bonchev–Trinajstić information content (AvgIpc) is 3.30. The Morgan fingerprint density at radius 2 is 1.50 bits per heavy atom. The molecule has 1 unspecified atom stereocenters. The maximum atomic E-state index is 12.3. The number of carbonyl (C=O) groups excluding carboxylic acids is 2. The average molecular weight is 306 g/mol. The minimum atomic E-state index is -0.250. The second-order valence-electron chi connectivity index (χ2n) is 6.68. The van der Waals surface area contributed by atoms with E-state index in [2.05, 4.69) is 12.2 Å². The number of Topliss-reactive ketones (excluding diaryl/α,β-unsaturated/α-hetero) is 2. The van der Waals surface area contributed by atoms with E-state index >= 15 is 0 Å². The molecule has 0 aromatic carbocycles. The molecular weight excluding hydrogens is 276 g/mol. The van der Waals surface area contributed by atoms with Crippen LogP contribution in [-0.2, 0) is 14.3 Å². The molecule has 3 heteroatoms. The van der Waals surface area contributed by atoms with Crippen molar-refractivity contribution in [2.45, 2.75) is 95.7 Å². The molecule has 22 heavy (non-hydrogen) atoms. The zero-order chi connectivity index (χ0) is 15.6. The van der Waals surface area contributed by atoms with E-state index in [9.17, 15) is 9.59 Å². The largest absolute Gasteiger partial charge is 0.367 e. The van der Waals surface area contributed by atoms with E-state index in [1.807, 2.05) is 0 Å². The van der Waals surface area contributed by atoms with Gasteiger partial charge < -0.3 is 4.74 Å². The molecule has 0 bridgehead atoms. The SMILES string of the molecule is O=C1CCCCCCC=CCCC(OC2CC2)C(=O)CCC1. The Morgan fingerprint density at radius 1 is 0.773 bits per heavy atom. The van der Waals surface area contributed by atoms with Gasteiger partial charge in [0.15, 0.2) is 5.78 Å². The molecule has 1 fully saturated rings. The molecule has 2 rings (SSSR count). The Labute approximate surface area is 134 Å². The molecule has 2 aliphatic rings. The summed E-state index contributed by atoms with van der Waals surface area (Å²) in [5, 5.41) is 0. The zero-order valence-corrected chi connectivity index (χ0v) is 13.7. The number of hydrogen-bond acceptors (Lipinski definition) is 3. The van der Waals surface area contributed by atoms with Crippen molar-refractivity contribution in [3.63, 3.8) is 0 Å². The molecule has 0 aromatic rings. The van der Waals surface area contributed by atoms with Crippen LogP contribution < -0.4 is 0 Å². The molecule has 2 aliphatic carbocycles. The van der Waals surface area contributed by atoms with Gasteiger partial charge in [-0.1, -0.05) is 25.0 Å². The molecule has 0 N–H and O–H groups in total. The van der Waals surface area contributed by atoms with Crippen LogP contribution in [0.25, 0.3) is 0 Å². The van der Waals surface area contributed by atoms with Crippen LogP contribution in [0.5, 0.6) is 0 Å². The molecule has 0 amide bonds. The van der Waals surface area contributed by atoms with Gasteiger partial charge in [-0.2, -0.15) is 0 Å². The van der Waals surface area contributed by atoms with E-state index < -0.39 is 0 Å². The lowest BCUT2D eigenvalue weighted by Gasteiger charge is -2.16. The molecule has 1 atom stereocenters. The lowest BCUT2D eigenvalue weighted by atomic mass is 10.0. The summed E-state index contributed by atoms with van der Waals surface area (Å²) in [7, 11) is 0. The summed E-state index contributed by atoms with van der Waals surface area (Å²) in [5.41, 5.74) is 0. The third-order valence-corrected chi connectivity index (χ3v) is 4.46. The highest BCUT2D eigenvalue weighted by molar-refractivity contribution is 5.84. The highest BCUT2D eigenvalue weighted by Crippen LogP contribution is 2.27. The normalized spacial score (nSPS) is 27.0. The van der Waals surface area contributed by atoms with Crippen molar-refractivity contribution in [3.05, 3.63) is 12.2 Å². The first kappa shape index (κ1) is 17.4. The van der Waals surface area contributed by atoms with E-state index in [0.29, 0.717) is 37.6 Å². The number of ketones is 2. The van der Waals surface area contributed by atoms with Crippen LogP contribution >= 0.6 is 0 Å². The number of carbonyl (C=O) groups is 2. The van der Waals surface area contributed by atoms with E-state index in [4.69, 9.17) is 4.74 Å². The van der Waals surface area contributed by atoms with E-state index in [0.717, 1.165) is 44.9 Å². The van der Waals surface area contributed by atoms with E-state index in [1.54, 1.807) is 0 Å². The Hall–Kier alpha value is -0.960. The number of allylic oxidation sites excluding steroid dienone is 2. The highest BCUT2D eigenvalue weighted by Gasteiger charge is 2.29. The van der Waals surface area contributed by atoms with Gasteiger partial charge in [0.1, 0.15) is 11.9 Å². The molecule has 0 aliphatic heterocycles. The summed E-state index contributed by atoms with van der Waals surface area (Å²) < 4.78 is 5.88. The fraction of sp³-hybridized carbons (Fsp3) is 0.789. The first-order valence-corrected chi connectivity index (χ1v) is 9.10. The van der Waals surface area contributed by atoms with Gasteiger partial charge in [0, 0.05) is 19.3 Å². The number of ether oxygens (including phenoxy) is 1. The van der Waals surface area contributed by atoms with Gasteiger partial charge in [-0.05, 0) is 51.4 Å². The standard InChI is InChI=1S/C19H30O3/c20-16-10-7-5-3-1-2-4-6-8-13-19(22-17-14-15-17)18(21)12-9-11-16/h4,6,17,19H,1-3,5,7-15H2. The molecule has 1 saturated carbocycles. The van der Waals surface area contributed by atoms with Crippen molar-refractivity contribution in [2.24, 2.45) is 0 Å². The smallest absolute Gasteiger partial charge is 0.161 e. The predicted molar refractivity (Wildman–Crippen MR) is 87.8 cm³/mol. The lowest BCUT2D eigenvalue weighted by Crippen LogP contribution is -2.25. The fourth-order valence-corrected chi connectivity index (χ4v) is 2.91. The molecule has 0 saturated heterocycles. The molecule has 0 spiro atoms. The number of rotatable bonds is 2. The summed E-state index contributed by atoms with van der Waals surface area (Å²) in [6.07, 6.45) is 16.5. The van der Waals surface area contributed by atoms with Crippen LogP contribution in [0.15, 0.2) is 12.2 Å². The van der Waals surface area contributed by atoms with Gasteiger partial charge in [0.25, 0.3) is 0 Å². The van der Waals surface area contributed by atoms with Crippen LogP contribution in [-0.4, -0.2) is 23.8 Å². The van der Waals surface area contributed by atoms with E-state index in [-0.39, 0.29) is 11.9 Å². The molecule has 0 aromatic heterocycles. The third kappa shape index (κ3) is 7.35. The first-order chi connectivity index (χ1) is 10.8. The van der Waals surface area contributed by atoms with Gasteiger partial charge in [0.05, 0.1) is 6.10 Å². The van der Waals surface area contributed by atoms with Gasteiger partial charge in [-0.15, -0.1) is 0 Å². The highest BCUT2D eigenvalue weighted by atomic mass is 16.5. The van der Waals surface area contributed by atoms with Gasteiger partial charge >= 0.3 is 0 Å². The second kappa shape index (κ2) is 9.94. The predicted octanol–water partition coefficient (Wildman–Crippen LogP) is 4.53. The van der Waals surface area contributed by atoms with Crippen molar-refractivity contribution >= 4 is 11.6 Å². The van der Waals surface area contributed by atoms with Crippen molar-refractivity contribution in [1.29, 1.82) is 0 Å². The summed E-state index contributed by atoms with van der Waals surface area (Å²) in [4.78, 5) is 24.1. The fourth-order valence-electron chi connectivity index (χ4n) is 2.91. The van der Waals surface area contributed by atoms with Crippen LogP contribution in [0.2, 0.25) is 0 Å². The molecule has 0 radical (unpaired) electrons. The van der Waals surface area contributed by atoms with Gasteiger partial charge in [-0.3, -0.25) is 9.59 Å². The van der Waals surface area contributed by atoms with E-state index in [1.165, 1.54) is 12.8 Å². The maximum Gasteiger partial charge on any atom is 0.161 e. The minimum Gasteiger partial charge on any atom is -0.367 e. The Kier molecular flexibility index (Phi) is 7.86. The Morgan fingerprint density at radius 3 is 2.32 bits per heavy atom. The third-order valence-electron chi connectivity index (χ3n) is 4.46. The maximum absolute atomic E-state index is 12.3. The molecule has 3 nitrogen and oxygen atoms in total. The van der Waals surface area contributed by atoms with Crippen LogP contribution in [0, 0.1) is 0 Å². The Balaban J connectivity index is 1.83. The van der Waals surface area contributed by atoms with Gasteiger partial charge in [0.2, 0.25) is 0 Å². The van der Waals surface area contributed by atoms with Crippen molar-refractivity contribution in [2.75, 3.05) is 0 Å². The van der Waals surface area contributed by atoms with Crippen LogP contribution in [0.1, 0.15) is 83.5 Å². The molecule has 0 heterocycles. The quantitative estimate of drug-likeness (QED) is 0.704. The number of hydrogen-bond donors (Lipinski definition) is 0. The topological polar surface area (TPSA) is 43.4 Å². The Bertz CT molecular complexity index is 382. The van der Waals surface area contributed by atoms with Gasteiger partial charge in [-0.25, -0.2) is 0 Å². The van der Waals surface area contributed by atoms with Crippen molar-refractivity contribution in [1.82, 2.24) is 0 Å². The molecule has 124 valence electrons. The second-order valence-corrected chi connectivity index (χ2v) is 6.68. The minimum absolute atomic E-state index is 0.195. The van der Waals surface area contributed by atoms with Crippen molar-refractivity contribution in [3.8, 4) is 0 Å². The summed E-state index contributed by atoms with van der Waals surface area (Å²) in [6.45, 7) is 0. The lowest BCUT2D eigenvalue weighted by molar-refractivity contribution is -0.132. The monoisotopic (exact) mass is 306 g/mol. The summed E-state index contributed by atoms with van der Waals surface area (Å²) in [5.74, 6) is 0.514. The zero-order valence-electron chi connectivity index (χ0n) is 13.7. The summed E-state index contributed by atoms with van der Waals surface area (Å²) in [6, 6.07) is 0.